The molecule has 0 radical (unpaired) electrons. The third kappa shape index (κ3) is 4.28. The number of fused-ring (bicyclic) bond motifs is 1. The Kier molecular flexibility index (Phi) is 5.85. The van der Waals surface area contributed by atoms with Crippen LogP contribution >= 0.6 is 22.9 Å². The molecule has 2 aromatic heterocycles. The van der Waals surface area contributed by atoms with Gasteiger partial charge in [-0.1, -0.05) is 30.2 Å². The minimum Gasteiger partial charge on any atom is -0.356 e. The fraction of sp³-hybridized carbons (Fsp3) is 0.458. The number of aryl methyl sites for hydroxylation is 1. The number of aromatic nitrogens is 2. The van der Waals surface area contributed by atoms with E-state index in [-0.39, 0.29) is 11.8 Å². The smallest absolute Gasteiger partial charge is 0.223 e. The fourth-order valence-electron chi connectivity index (χ4n) is 4.52. The van der Waals surface area contributed by atoms with Crippen molar-refractivity contribution in [1.82, 2.24) is 15.3 Å². The molecule has 31 heavy (non-hydrogen) atoms. The topological polar surface area (TPSA) is 58.1 Å². The van der Waals surface area contributed by atoms with Gasteiger partial charge in [-0.05, 0) is 50.3 Å². The van der Waals surface area contributed by atoms with E-state index < -0.39 is 0 Å². The molecule has 3 aromatic rings. The van der Waals surface area contributed by atoms with Gasteiger partial charge in [-0.25, -0.2) is 9.97 Å². The van der Waals surface area contributed by atoms with Crippen molar-refractivity contribution in [3.8, 4) is 0 Å². The maximum atomic E-state index is 12.7. The number of rotatable bonds is 5. The summed E-state index contributed by atoms with van der Waals surface area (Å²) in [4.78, 5) is 26.3. The Morgan fingerprint density at radius 2 is 2.03 bits per heavy atom. The fourth-order valence-corrected chi connectivity index (χ4v) is 5.51. The molecule has 3 heterocycles. The van der Waals surface area contributed by atoms with E-state index in [2.05, 4.69) is 22.5 Å². The van der Waals surface area contributed by atoms with Crippen LogP contribution < -0.4 is 10.2 Å². The summed E-state index contributed by atoms with van der Waals surface area (Å²) >= 11 is 7.79. The number of benzene rings is 1. The predicted octanol–water partition coefficient (Wildman–Crippen LogP) is 5.45. The molecular weight excluding hydrogens is 428 g/mol. The van der Waals surface area contributed by atoms with Crippen molar-refractivity contribution in [1.29, 1.82) is 0 Å². The zero-order valence-corrected chi connectivity index (χ0v) is 19.3. The van der Waals surface area contributed by atoms with Crippen LogP contribution in [0.4, 0.5) is 5.82 Å². The Bertz CT molecular complexity index is 1100. The standard InChI is InChI=1S/C24H27ClN4OS/c1-15-21-20(14-31-15)27-22(17-5-3-6-17)28-23(21)29-10-8-18(9-11-29)24(30)26-13-16-4-2-7-19(25)12-16/h2,4,7,12,14,17-18H,3,5-6,8-11,13H2,1H3,(H,26,30). The molecule has 1 amide bonds. The first-order chi connectivity index (χ1) is 15.1. The van der Waals surface area contributed by atoms with Gasteiger partial charge in [0.05, 0.1) is 10.9 Å². The third-order valence-corrected chi connectivity index (χ3v) is 7.76. The molecule has 2 fully saturated rings. The van der Waals surface area contributed by atoms with E-state index in [0.717, 1.165) is 48.7 Å². The van der Waals surface area contributed by atoms with Crippen LogP contribution in [0.2, 0.25) is 5.02 Å². The number of thiophene rings is 1. The van der Waals surface area contributed by atoms with Crippen molar-refractivity contribution >= 4 is 45.6 Å². The molecule has 1 aliphatic heterocycles. The van der Waals surface area contributed by atoms with Crippen molar-refractivity contribution in [2.24, 2.45) is 5.92 Å². The summed E-state index contributed by atoms with van der Waals surface area (Å²) in [6, 6.07) is 7.64. The van der Waals surface area contributed by atoms with Gasteiger partial charge in [0.15, 0.2) is 0 Å². The van der Waals surface area contributed by atoms with E-state index in [1.54, 1.807) is 11.3 Å². The molecule has 1 aromatic carbocycles. The highest BCUT2D eigenvalue weighted by molar-refractivity contribution is 7.11. The number of piperidine rings is 1. The first-order valence-corrected chi connectivity index (χ1v) is 12.4. The average Bonchev–Trinajstić information content (AvgIpc) is 3.11. The van der Waals surface area contributed by atoms with Crippen LogP contribution in [0.1, 0.15) is 54.3 Å². The maximum Gasteiger partial charge on any atom is 0.223 e. The normalized spacial score (nSPS) is 17.7. The van der Waals surface area contributed by atoms with Crippen LogP contribution in [0.25, 0.3) is 10.9 Å². The molecule has 5 nitrogen and oxygen atoms in total. The molecule has 0 atom stereocenters. The van der Waals surface area contributed by atoms with Crippen LogP contribution in [0.3, 0.4) is 0 Å². The summed E-state index contributed by atoms with van der Waals surface area (Å²) in [6.45, 7) is 4.37. The maximum absolute atomic E-state index is 12.7. The monoisotopic (exact) mass is 454 g/mol. The van der Waals surface area contributed by atoms with Crippen molar-refractivity contribution in [3.05, 3.63) is 50.9 Å². The summed E-state index contributed by atoms with van der Waals surface area (Å²) in [6.07, 6.45) is 5.36. The molecule has 1 N–H and O–H groups in total. The van der Waals surface area contributed by atoms with Gasteiger partial charge in [0, 0.05) is 46.7 Å². The van der Waals surface area contributed by atoms with Crippen molar-refractivity contribution < 1.29 is 4.79 Å². The lowest BCUT2D eigenvalue weighted by Gasteiger charge is -2.33. The van der Waals surface area contributed by atoms with Gasteiger partial charge in [0.25, 0.3) is 0 Å². The van der Waals surface area contributed by atoms with E-state index in [4.69, 9.17) is 21.6 Å². The Balaban J connectivity index is 1.26. The summed E-state index contributed by atoms with van der Waals surface area (Å²) in [7, 11) is 0. The number of hydrogen-bond acceptors (Lipinski definition) is 5. The number of anilines is 1. The van der Waals surface area contributed by atoms with Gasteiger partial charge >= 0.3 is 0 Å². The molecule has 7 heteroatoms. The number of nitrogens with zero attached hydrogens (tertiary/aromatic N) is 3. The van der Waals surface area contributed by atoms with E-state index in [1.165, 1.54) is 29.5 Å². The molecule has 2 aliphatic rings. The lowest BCUT2D eigenvalue weighted by Crippen LogP contribution is -2.41. The van der Waals surface area contributed by atoms with Crippen molar-refractivity contribution in [3.63, 3.8) is 0 Å². The van der Waals surface area contributed by atoms with Gasteiger partial charge in [-0.15, -0.1) is 11.3 Å². The van der Waals surface area contributed by atoms with E-state index >= 15 is 0 Å². The second-order valence-corrected chi connectivity index (χ2v) is 10.2. The molecule has 0 unspecified atom stereocenters. The Hall–Kier alpha value is -2.18. The number of nitrogens with one attached hydrogen (secondary N) is 1. The summed E-state index contributed by atoms with van der Waals surface area (Å²) in [5.41, 5.74) is 2.11. The van der Waals surface area contributed by atoms with Crippen LogP contribution in [-0.4, -0.2) is 29.0 Å². The molecular formula is C24H27ClN4OS. The predicted molar refractivity (Wildman–Crippen MR) is 127 cm³/mol. The molecule has 5 rings (SSSR count). The molecule has 0 spiro atoms. The Morgan fingerprint density at radius 1 is 1.23 bits per heavy atom. The molecule has 0 bridgehead atoms. The number of hydrogen-bond donors (Lipinski definition) is 1. The minimum absolute atomic E-state index is 0.0439. The van der Waals surface area contributed by atoms with Crippen LogP contribution in [0.5, 0.6) is 0 Å². The first kappa shape index (κ1) is 20.7. The number of halogens is 1. The van der Waals surface area contributed by atoms with Crippen LogP contribution in [-0.2, 0) is 11.3 Å². The van der Waals surface area contributed by atoms with Gasteiger partial charge in [0.1, 0.15) is 11.6 Å². The first-order valence-electron chi connectivity index (χ1n) is 11.1. The molecule has 1 saturated heterocycles. The van der Waals surface area contributed by atoms with Crippen molar-refractivity contribution in [2.75, 3.05) is 18.0 Å². The largest absolute Gasteiger partial charge is 0.356 e. The lowest BCUT2D eigenvalue weighted by molar-refractivity contribution is -0.125. The van der Waals surface area contributed by atoms with Gasteiger partial charge < -0.3 is 10.2 Å². The highest BCUT2D eigenvalue weighted by Crippen LogP contribution is 2.39. The van der Waals surface area contributed by atoms with Gasteiger partial charge in [-0.3, -0.25) is 4.79 Å². The van der Waals surface area contributed by atoms with Gasteiger partial charge in [-0.2, -0.15) is 0 Å². The third-order valence-electron chi connectivity index (χ3n) is 6.63. The summed E-state index contributed by atoms with van der Waals surface area (Å²) < 4.78 is 0. The Morgan fingerprint density at radius 3 is 2.74 bits per heavy atom. The van der Waals surface area contributed by atoms with Crippen LogP contribution in [0, 0.1) is 12.8 Å². The SMILES string of the molecule is Cc1scc2nc(C3CCC3)nc(N3CCC(C(=O)NCc4cccc(Cl)c4)CC3)c12. The highest BCUT2D eigenvalue weighted by atomic mass is 35.5. The van der Waals surface area contributed by atoms with Crippen LogP contribution in [0.15, 0.2) is 29.6 Å². The molecule has 1 aliphatic carbocycles. The average molecular weight is 455 g/mol. The van der Waals surface area contributed by atoms with E-state index in [0.29, 0.717) is 17.5 Å². The molecule has 1 saturated carbocycles. The second-order valence-electron chi connectivity index (χ2n) is 8.69. The Labute approximate surface area is 191 Å². The number of carbonyl (C=O) groups is 1. The zero-order chi connectivity index (χ0) is 21.4. The van der Waals surface area contributed by atoms with Gasteiger partial charge in [0.2, 0.25) is 5.91 Å². The number of carbonyl (C=O) groups excluding carboxylic acids is 1. The summed E-state index contributed by atoms with van der Waals surface area (Å²) in [5, 5.41) is 7.13. The van der Waals surface area contributed by atoms with E-state index in [1.807, 2.05) is 24.3 Å². The second kappa shape index (κ2) is 8.75. The number of amides is 1. The van der Waals surface area contributed by atoms with Crippen molar-refractivity contribution in [2.45, 2.75) is 51.5 Å². The highest BCUT2D eigenvalue weighted by Gasteiger charge is 2.29. The minimum atomic E-state index is 0.0439. The molecule has 162 valence electrons. The zero-order valence-electron chi connectivity index (χ0n) is 17.7. The quantitative estimate of drug-likeness (QED) is 0.556. The van der Waals surface area contributed by atoms with E-state index in [9.17, 15) is 4.79 Å². The lowest BCUT2D eigenvalue weighted by atomic mass is 9.85. The summed E-state index contributed by atoms with van der Waals surface area (Å²) in [5.74, 6) is 2.77.